The molecule has 3 aliphatic rings. The predicted molar refractivity (Wildman–Crippen MR) is 131 cm³/mol. The van der Waals surface area contributed by atoms with E-state index in [-0.39, 0.29) is 24.3 Å². The third kappa shape index (κ3) is 5.22. The number of piperidine rings is 2. The van der Waals surface area contributed by atoms with Gasteiger partial charge < -0.3 is 0 Å². The molecule has 2 amide bonds. The fraction of sp³-hybridized carbons (Fsp3) is 0.680. The molecule has 1 atom stereocenters. The number of benzene rings is 1. The molecule has 8 nitrogen and oxygen atoms in total. The van der Waals surface area contributed by atoms with E-state index in [0.29, 0.717) is 44.6 Å². The minimum atomic E-state index is -3.35. The van der Waals surface area contributed by atoms with Crippen molar-refractivity contribution >= 4 is 22.0 Å². The second kappa shape index (κ2) is 10.8. The first-order chi connectivity index (χ1) is 16.3. The SMILES string of the molecule is CCN(CC)S(=O)(=O)N1CCC(C2CCN(C3CC(=O)N(Cc4ccccc4)C3=O)CC2)CC1. The third-order valence-corrected chi connectivity index (χ3v) is 10.1. The van der Waals surface area contributed by atoms with Gasteiger partial charge in [-0.2, -0.15) is 17.0 Å². The van der Waals surface area contributed by atoms with E-state index in [2.05, 4.69) is 4.90 Å². The predicted octanol–water partition coefficient (Wildman–Crippen LogP) is 2.32. The highest BCUT2D eigenvalue weighted by Crippen LogP contribution is 2.35. The average Bonchev–Trinajstić information content (AvgIpc) is 3.14. The summed E-state index contributed by atoms with van der Waals surface area (Å²) in [6, 6.07) is 9.32. The topological polar surface area (TPSA) is 81.2 Å². The molecular formula is C25H38N4O4S. The molecule has 0 saturated carbocycles. The molecule has 9 heteroatoms. The highest BCUT2D eigenvalue weighted by Gasteiger charge is 2.43. The second-order valence-electron chi connectivity index (χ2n) is 9.73. The number of nitrogens with zero attached hydrogens (tertiary/aromatic N) is 4. The van der Waals surface area contributed by atoms with Crippen LogP contribution in [0.4, 0.5) is 0 Å². The lowest BCUT2D eigenvalue weighted by molar-refractivity contribution is -0.140. The Morgan fingerprint density at radius 1 is 0.882 bits per heavy atom. The maximum absolute atomic E-state index is 13.0. The summed E-state index contributed by atoms with van der Waals surface area (Å²) in [6.07, 6.45) is 4.08. The van der Waals surface area contributed by atoms with Gasteiger partial charge in [0.2, 0.25) is 11.8 Å². The molecule has 1 aromatic rings. The summed E-state index contributed by atoms with van der Waals surface area (Å²) in [5.41, 5.74) is 0.970. The summed E-state index contributed by atoms with van der Waals surface area (Å²) in [4.78, 5) is 29.2. The van der Waals surface area contributed by atoms with Gasteiger partial charge in [0.25, 0.3) is 10.2 Å². The number of carbonyl (C=O) groups excluding carboxylic acids is 2. The van der Waals surface area contributed by atoms with Crippen LogP contribution in [0.25, 0.3) is 0 Å². The largest absolute Gasteiger partial charge is 0.292 e. The van der Waals surface area contributed by atoms with Crippen LogP contribution >= 0.6 is 0 Å². The third-order valence-electron chi connectivity index (χ3n) is 7.94. The van der Waals surface area contributed by atoms with Gasteiger partial charge in [0.05, 0.1) is 19.0 Å². The lowest BCUT2D eigenvalue weighted by Gasteiger charge is -2.41. The zero-order valence-electron chi connectivity index (χ0n) is 20.4. The summed E-state index contributed by atoms with van der Waals surface area (Å²) < 4.78 is 28.8. The van der Waals surface area contributed by atoms with E-state index in [4.69, 9.17) is 0 Å². The minimum absolute atomic E-state index is 0.0674. The van der Waals surface area contributed by atoms with E-state index < -0.39 is 10.2 Å². The van der Waals surface area contributed by atoms with E-state index in [1.807, 2.05) is 44.2 Å². The van der Waals surface area contributed by atoms with Gasteiger partial charge in [-0.3, -0.25) is 19.4 Å². The molecule has 0 aromatic heterocycles. The van der Waals surface area contributed by atoms with Gasteiger partial charge in [-0.05, 0) is 56.2 Å². The Hall–Kier alpha value is -1.81. The second-order valence-corrected chi connectivity index (χ2v) is 11.7. The number of hydrogen-bond acceptors (Lipinski definition) is 5. The molecule has 3 heterocycles. The van der Waals surface area contributed by atoms with Crippen molar-refractivity contribution in [1.82, 2.24) is 18.4 Å². The summed E-state index contributed by atoms with van der Waals surface area (Å²) in [5, 5.41) is 0. The molecule has 188 valence electrons. The van der Waals surface area contributed by atoms with Crippen LogP contribution in [0.2, 0.25) is 0 Å². The molecule has 3 fully saturated rings. The van der Waals surface area contributed by atoms with E-state index >= 15 is 0 Å². The normalized spacial score (nSPS) is 24.4. The monoisotopic (exact) mass is 490 g/mol. The number of likely N-dealkylation sites (tertiary alicyclic amines) is 2. The first kappa shape index (κ1) is 25.3. The van der Waals surface area contributed by atoms with Crippen LogP contribution in [0.1, 0.15) is 51.5 Å². The number of amides is 2. The molecule has 1 unspecified atom stereocenters. The van der Waals surface area contributed by atoms with Crippen LogP contribution < -0.4 is 0 Å². The number of carbonyl (C=O) groups is 2. The Labute approximate surface area is 204 Å². The van der Waals surface area contributed by atoms with Crippen molar-refractivity contribution in [3.8, 4) is 0 Å². The first-order valence-corrected chi connectivity index (χ1v) is 14.1. The zero-order valence-corrected chi connectivity index (χ0v) is 21.3. The fourth-order valence-electron chi connectivity index (χ4n) is 5.88. The van der Waals surface area contributed by atoms with Crippen molar-refractivity contribution in [2.75, 3.05) is 39.3 Å². The Morgan fingerprint density at radius 3 is 2.00 bits per heavy atom. The van der Waals surface area contributed by atoms with E-state index in [9.17, 15) is 18.0 Å². The molecule has 34 heavy (non-hydrogen) atoms. The smallest absolute Gasteiger partial charge is 0.281 e. The summed E-state index contributed by atoms with van der Waals surface area (Å²) in [5.74, 6) is 0.938. The van der Waals surface area contributed by atoms with Gasteiger partial charge in [-0.1, -0.05) is 44.2 Å². The van der Waals surface area contributed by atoms with E-state index in [0.717, 1.165) is 44.3 Å². The Morgan fingerprint density at radius 2 is 1.44 bits per heavy atom. The van der Waals surface area contributed by atoms with Crippen molar-refractivity contribution in [2.24, 2.45) is 11.8 Å². The highest BCUT2D eigenvalue weighted by molar-refractivity contribution is 7.86. The van der Waals surface area contributed by atoms with Gasteiger partial charge in [0.1, 0.15) is 0 Å². The quantitative estimate of drug-likeness (QED) is 0.523. The molecule has 0 radical (unpaired) electrons. The van der Waals surface area contributed by atoms with Gasteiger partial charge in [-0.25, -0.2) is 0 Å². The molecule has 4 rings (SSSR count). The Bertz CT molecular complexity index is 950. The first-order valence-electron chi connectivity index (χ1n) is 12.7. The van der Waals surface area contributed by atoms with Gasteiger partial charge in [-0.15, -0.1) is 0 Å². The molecule has 0 N–H and O–H groups in total. The van der Waals surface area contributed by atoms with E-state index in [1.54, 1.807) is 4.31 Å². The van der Waals surface area contributed by atoms with Crippen LogP contribution in [0.3, 0.4) is 0 Å². The van der Waals surface area contributed by atoms with Crippen molar-refractivity contribution in [3.05, 3.63) is 35.9 Å². The summed E-state index contributed by atoms with van der Waals surface area (Å²) in [6.45, 7) is 7.94. The van der Waals surface area contributed by atoms with Crippen LogP contribution in [-0.4, -0.2) is 84.0 Å². The van der Waals surface area contributed by atoms with Gasteiger partial charge >= 0.3 is 0 Å². The summed E-state index contributed by atoms with van der Waals surface area (Å²) in [7, 11) is -3.35. The number of rotatable bonds is 8. The van der Waals surface area contributed by atoms with E-state index in [1.165, 1.54) is 9.21 Å². The summed E-state index contributed by atoms with van der Waals surface area (Å²) >= 11 is 0. The molecule has 0 spiro atoms. The maximum atomic E-state index is 13.0. The molecular weight excluding hydrogens is 452 g/mol. The highest BCUT2D eigenvalue weighted by atomic mass is 32.2. The van der Waals surface area contributed by atoms with Crippen LogP contribution in [0.15, 0.2) is 30.3 Å². The van der Waals surface area contributed by atoms with Crippen LogP contribution in [-0.2, 0) is 26.3 Å². The van der Waals surface area contributed by atoms with Gasteiger partial charge in [0, 0.05) is 26.2 Å². The zero-order chi connectivity index (χ0) is 24.3. The minimum Gasteiger partial charge on any atom is -0.292 e. The maximum Gasteiger partial charge on any atom is 0.281 e. The molecule has 0 aliphatic carbocycles. The fourth-order valence-corrected chi connectivity index (χ4v) is 7.53. The molecule has 0 bridgehead atoms. The molecule has 1 aromatic carbocycles. The van der Waals surface area contributed by atoms with Crippen molar-refractivity contribution in [1.29, 1.82) is 0 Å². The Balaban J connectivity index is 1.27. The average molecular weight is 491 g/mol. The lowest BCUT2D eigenvalue weighted by Crippen LogP contribution is -2.49. The van der Waals surface area contributed by atoms with Crippen LogP contribution in [0.5, 0.6) is 0 Å². The molecule has 3 aliphatic heterocycles. The van der Waals surface area contributed by atoms with Gasteiger partial charge in [0.15, 0.2) is 0 Å². The standard InChI is InChI=1S/C25H38N4O4S/c1-3-27(4-2)34(32,33)28-16-12-22(13-17-28)21-10-14-26(15-11-21)23-18-24(30)29(25(23)31)19-20-8-6-5-7-9-20/h5-9,21-23H,3-4,10-19H2,1-2H3. The van der Waals surface area contributed by atoms with Crippen molar-refractivity contribution in [3.63, 3.8) is 0 Å². The number of hydrogen-bond donors (Lipinski definition) is 0. The van der Waals surface area contributed by atoms with Crippen molar-refractivity contribution < 1.29 is 18.0 Å². The van der Waals surface area contributed by atoms with Crippen LogP contribution in [0, 0.1) is 11.8 Å². The number of imide groups is 1. The van der Waals surface area contributed by atoms with Crippen molar-refractivity contribution in [2.45, 2.75) is 58.5 Å². The molecule has 3 saturated heterocycles. The Kier molecular flexibility index (Phi) is 8.07. The lowest BCUT2D eigenvalue weighted by atomic mass is 9.79.